The monoisotopic (exact) mass is 226 g/mol. The van der Waals surface area contributed by atoms with Gasteiger partial charge in [0.05, 0.1) is 6.20 Å². The molecule has 1 aliphatic heterocycles. The van der Waals surface area contributed by atoms with Crippen molar-refractivity contribution in [1.29, 1.82) is 0 Å². The van der Waals surface area contributed by atoms with Gasteiger partial charge < -0.3 is 10.6 Å². The molecule has 0 amide bonds. The summed E-state index contributed by atoms with van der Waals surface area (Å²) in [5.41, 5.74) is 5.91. The summed E-state index contributed by atoms with van der Waals surface area (Å²) < 4.78 is 0. The van der Waals surface area contributed by atoms with E-state index in [1.165, 1.54) is 0 Å². The minimum absolute atomic E-state index is 0.207. The molecule has 1 fully saturated rings. The third-order valence-electron chi connectivity index (χ3n) is 3.10. The van der Waals surface area contributed by atoms with Crippen LogP contribution in [0.3, 0.4) is 0 Å². The Kier molecular flexibility index (Phi) is 2.60. The molecule has 0 aromatic carbocycles. The summed E-state index contributed by atoms with van der Waals surface area (Å²) in [6.45, 7) is 7.64. The maximum Gasteiger partial charge on any atom is 0.187 e. The number of anilines is 2. The molecular weight excluding hydrogens is 208 g/mol. The lowest BCUT2D eigenvalue weighted by atomic mass is 10.0. The third kappa shape index (κ3) is 2.08. The van der Waals surface area contributed by atoms with E-state index in [0.717, 1.165) is 29.8 Å². The van der Waals surface area contributed by atoms with Gasteiger partial charge in [0, 0.05) is 25.2 Å². The summed E-state index contributed by atoms with van der Waals surface area (Å²) in [5, 5.41) is 1.84. The fraction of sp³-hybridized carbons (Fsp3) is 0.700. The van der Waals surface area contributed by atoms with Crippen LogP contribution in [0.25, 0.3) is 0 Å². The van der Waals surface area contributed by atoms with Crippen molar-refractivity contribution in [2.24, 2.45) is 0 Å². The van der Waals surface area contributed by atoms with Gasteiger partial charge in [0.25, 0.3) is 0 Å². The van der Waals surface area contributed by atoms with Crippen molar-refractivity contribution in [1.82, 2.24) is 9.88 Å². The molecule has 0 saturated carbocycles. The molecule has 84 valence electrons. The molecular formula is C10H18N4S. The zero-order chi connectivity index (χ0) is 11.1. The highest BCUT2D eigenvalue weighted by molar-refractivity contribution is 7.19. The van der Waals surface area contributed by atoms with Crippen molar-refractivity contribution >= 4 is 21.5 Å². The highest BCUT2D eigenvalue weighted by Gasteiger charge is 2.31. The first-order valence-electron chi connectivity index (χ1n) is 5.16. The molecule has 1 aliphatic rings. The number of thiazole rings is 1. The number of rotatable bonds is 1. The number of nitrogen functional groups attached to an aromatic ring is 1. The Labute approximate surface area is 94.7 Å². The number of hydrogen-bond donors (Lipinski definition) is 1. The van der Waals surface area contributed by atoms with E-state index in [2.05, 4.69) is 35.7 Å². The smallest absolute Gasteiger partial charge is 0.187 e. The zero-order valence-corrected chi connectivity index (χ0v) is 10.3. The first kappa shape index (κ1) is 10.7. The average molecular weight is 226 g/mol. The molecule has 1 aromatic heterocycles. The first-order chi connectivity index (χ1) is 6.99. The van der Waals surface area contributed by atoms with Crippen molar-refractivity contribution in [2.45, 2.75) is 19.4 Å². The summed E-state index contributed by atoms with van der Waals surface area (Å²) in [6.07, 6.45) is 1.74. The zero-order valence-electron chi connectivity index (χ0n) is 9.53. The second-order valence-corrected chi connectivity index (χ2v) is 5.74. The van der Waals surface area contributed by atoms with E-state index in [1.54, 1.807) is 17.5 Å². The molecule has 0 radical (unpaired) electrons. The van der Waals surface area contributed by atoms with Gasteiger partial charge in [0.15, 0.2) is 5.13 Å². The second kappa shape index (κ2) is 3.64. The molecule has 15 heavy (non-hydrogen) atoms. The molecule has 2 N–H and O–H groups in total. The van der Waals surface area contributed by atoms with Gasteiger partial charge in [-0.2, -0.15) is 0 Å². The molecule has 5 heteroatoms. The molecule has 0 spiro atoms. The normalized spacial score (nSPS) is 21.9. The number of piperazine rings is 1. The Balaban J connectivity index is 2.13. The second-order valence-electron chi connectivity index (χ2n) is 4.70. The van der Waals surface area contributed by atoms with E-state index < -0.39 is 0 Å². The third-order valence-corrected chi connectivity index (χ3v) is 3.99. The van der Waals surface area contributed by atoms with E-state index >= 15 is 0 Å². The molecule has 0 aliphatic carbocycles. The van der Waals surface area contributed by atoms with Crippen molar-refractivity contribution in [2.75, 3.05) is 37.3 Å². The van der Waals surface area contributed by atoms with Crippen LogP contribution in [0.1, 0.15) is 13.8 Å². The van der Waals surface area contributed by atoms with Crippen LogP contribution in [0.2, 0.25) is 0 Å². The van der Waals surface area contributed by atoms with Gasteiger partial charge in [-0.05, 0) is 20.9 Å². The fourth-order valence-electron chi connectivity index (χ4n) is 1.83. The maximum absolute atomic E-state index is 5.70. The van der Waals surface area contributed by atoms with Crippen LogP contribution in [-0.4, -0.2) is 42.1 Å². The van der Waals surface area contributed by atoms with Crippen LogP contribution in [0.5, 0.6) is 0 Å². The Morgan fingerprint density at radius 3 is 2.73 bits per heavy atom. The Morgan fingerprint density at radius 2 is 2.20 bits per heavy atom. The molecule has 1 saturated heterocycles. The molecule has 4 nitrogen and oxygen atoms in total. The summed E-state index contributed by atoms with van der Waals surface area (Å²) in [6, 6.07) is 0. The first-order valence-corrected chi connectivity index (χ1v) is 5.98. The standard InChI is InChI=1S/C10H18N4S/c1-10(2)7-14(5-4-13(10)3)9-12-6-8(11)15-9/h6H,4-5,7,11H2,1-3H3. The fourth-order valence-corrected chi connectivity index (χ4v) is 2.53. The summed E-state index contributed by atoms with van der Waals surface area (Å²) in [5.74, 6) is 0. The molecule has 2 rings (SSSR count). The predicted octanol–water partition coefficient (Wildman–Crippen LogP) is 1.26. The summed E-state index contributed by atoms with van der Waals surface area (Å²) >= 11 is 1.57. The molecule has 1 aromatic rings. The quantitative estimate of drug-likeness (QED) is 0.783. The van der Waals surface area contributed by atoms with E-state index in [0.29, 0.717) is 0 Å². The van der Waals surface area contributed by atoms with Gasteiger partial charge in [-0.15, -0.1) is 0 Å². The van der Waals surface area contributed by atoms with Gasteiger partial charge in [0.2, 0.25) is 0 Å². The van der Waals surface area contributed by atoms with Crippen LogP contribution >= 0.6 is 11.3 Å². The number of nitrogens with zero attached hydrogens (tertiary/aromatic N) is 3. The summed E-state index contributed by atoms with van der Waals surface area (Å²) in [4.78, 5) is 9.04. The lowest BCUT2D eigenvalue weighted by molar-refractivity contribution is 0.139. The number of nitrogens with two attached hydrogens (primary N) is 1. The van der Waals surface area contributed by atoms with E-state index in [1.807, 2.05) is 0 Å². The molecule has 0 atom stereocenters. The van der Waals surface area contributed by atoms with Crippen molar-refractivity contribution in [3.63, 3.8) is 0 Å². The van der Waals surface area contributed by atoms with Crippen molar-refractivity contribution in [3.8, 4) is 0 Å². The minimum atomic E-state index is 0.207. The topological polar surface area (TPSA) is 45.4 Å². The van der Waals surface area contributed by atoms with Gasteiger partial charge >= 0.3 is 0 Å². The van der Waals surface area contributed by atoms with E-state index in [9.17, 15) is 0 Å². The Hall–Kier alpha value is -0.810. The van der Waals surface area contributed by atoms with Gasteiger partial charge in [-0.1, -0.05) is 11.3 Å². The highest BCUT2D eigenvalue weighted by atomic mass is 32.1. The Morgan fingerprint density at radius 1 is 1.47 bits per heavy atom. The number of hydrogen-bond acceptors (Lipinski definition) is 5. The minimum Gasteiger partial charge on any atom is -0.389 e. The van der Waals surface area contributed by atoms with Crippen molar-refractivity contribution in [3.05, 3.63) is 6.20 Å². The van der Waals surface area contributed by atoms with Crippen LogP contribution in [0.4, 0.5) is 10.1 Å². The molecule has 2 heterocycles. The molecule has 0 bridgehead atoms. The van der Waals surface area contributed by atoms with Crippen LogP contribution in [-0.2, 0) is 0 Å². The van der Waals surface area contributed by atoms with Crippen molar-refractivity contribution < 1.29 is 0 Å². The van der Waals surface area contributed by atoms with Crippen LogP contribution in [0.15, 0.2) is 6.20 Å². The maximum atomic E-state index is 5.70. The SMILES string of the molecule is CN1CCN(c2ncc(N)s2)CC1(C)C. The highest BCUT2D eigenvalue weighted by Crippen LogP contribution is 2.28. The molecule has 0 unspecified atom stereocenters. The average Bonchev–Trinajstić information content (AvgIpc) is 2.57. The number of aromatic nitrogens is 1. The van der Waals surface area contributed by atoms with Gasteiger partial charge in [-0.3, -0.25) is 4.90 Å². The van der Waals surface area contributed by atoms with Crippen LogP contribution < -0.4 is 10.6 Å². The predicted molar refractivity (Wildman–Crippen MR) is 65.4 cm³/mol. The largest absolute Gasteiger partial charge is 0.389 e. The number of likely N-dealkylation sites (N-methyl/N-ethyl adjacent to an activating group) is 1. The van der Waals surface area contributed by atoms with E-state index in [-0.39, 0.29) is 5.54 Å². The van der Waals surface area contributed by atoms with E-state index in [4.69, 9.17) is 5.73 Å². The lowest BCUT2D eigenvalue weighted by Gasteiger charge is -2.45. The summed E-state index contributed by atoms with van der Waals surface area (Å²) in [7, 11) is 2.17. The Bertz CT molecular complexity index is 347. The van der Waals surface area contributed by atoms with Gasteiger partial charge in [-0.25, -0.2) is 4.98 Å². The van der Waals surface area contributed by atoms with Crippen LogP contribution in [0, 0.1) is 0 Å². The lowest BCUT2D eigenvalue weighted by Crippen LogP contribution is -2.57. The van der Waals surface area contributed by atoms with Gasteiger partial charge in [0.1, 0.15) is 5.00 Å².